The highest BCUT2D eigenvalue weighted by Crippen LogP contribution is 2.51. The number of nitrogens with zero attached hydrogens (tertiary/aromatic N) is 6. The molecule has 47 heavy (non-hydrogen) atoms. The molecule has 248 valence electrons. The van der Waals surface area contributed by atoms with Gasteiger partial charge in [-0.2, -0.15) is 0 Å². The van der Waals surface area contributed by atoms with Gasteiger partial charge in [0.15, 0.2) is 5.75 Å². The smallest absolute Gasteiger partial charge is 0.303 e. The van der Waals surface area contributed by atoms with E-state index in [1.807, 2.05) is 24.3 Å². The summed E-state index contributed by atoms with van der Waals surface area (Å²) < 4.78 is 17.3. The molecule has 5 fully saturated rings. The topological polar surface area (TPSA) is 113 Å². The molecule has 2 aromatic heterocycles. The Morgan fingerprint density at radius 2 is 1.57 bits per heavy atom. The quantitative estimate of drug-likeness (QED) is 0.300. The van der Waals surface area contributed by atoms with Crippen LogP contribution in [0.2, 0.25) is 10.0 Å². The maximum Gasteiger partial charge on any atom is 0.303 e. The van der Waals surface area contributed by atoms with Gasteiger partial charge in [0.25, 0.3) is 0 Å². The molecule has 11 nitrogen and oxygen atoms in total. The molecule has 0 bridgehead atoms. The van der Waals surface area contributed by atoms with Crippen LogP contribution in [0.4, 0.5) is 5.95 Å². The number of pyridine rings is 1. The van der Waals surface area contributed by atoms with Gasteiger partial charge >= 0.3 is 5.97 Å². The first kappa shape index (κ1) is 31.2. The van der Waals surface area contributed by atoms with Gasteiger partial charge in [0.2, 0.25) is 11.8 Å². The van der Waals surface area contributed by atoms with E-state index in [1.54, 1.807) is 18.5 Å². The third-order valence-electron chi connectivity index (χ3n) is 10.3. The molecule has 4 aliphatic heterocycles. The molecule has 1 N–H and O–H groups in total. The SMILES string of the molecule is O=C(O)CC1CCN(Cc2cc(Oc3cnc(N4CC5C(C4)C5N(C4COC4)C4COC4)nc3)nc(-c3cc(Cl)cc(Cl)c3)c2)CC1. The molecule has 2 unspecified atom stereocenters. The Morgan fingerprint density at radius 3 is 2.15 bits per heavy atom. The zero-order chi connectivity index (χ0) is 32.1. The standard InChI is InChI=1S/C34H38Cl2N6O5/c35-23-8-22(9-24(36)10-23)30-5-21(13-40-3-1-20(2-4-40)7-32(43)44)6-31(39-30)47-27-11-37-34(38-12-27)41-14-28-29(15-41)33(28)42(25-16-45-17-25)26-18-46-19-26/h5-6,8-12,20,25-26,28-29,33H,1-4,7,13-19H2,(H,43,44). The molecule has 13 heteroatoms. The summed E-state index contributed by atoms with van der Waals surface area (Å²) in [5.74, 6) is 2.40. The van der Waals surface area contributed by atoms with Crippen LogP contribution in [-0.4, -0.2) is 107 Å². The molecule has 1 aliphatic carbocycles. The Labute approximate surface area is 283 Å². The normalized spacial score (nSPS) is 25.0. The number of carbonyl (C=O) groups is 1. The van der Waals surface area contributed by atoms with Gasteiger partial charge in [-0.3, -0.25) is 14.6 Å². The number of fused-ring (bicyclic) bond motifs is 1. The second-order valence-corrected chi connectivity index (χ2v) is 14.4. The number of benzene rings is 1. The molecule has 4 saturated heterocycles. The van der Waals surface area contributed by atoms with Crippen LogP contribution in [-0.2, 0) is 20.8 Å². The Morgan fingerprint density at radius 1 is 0.936 bits per heavy atom. The predicted octanol–water partition coefficient (Wildman–Crippen LogP) is 4.86. The lowest BCUT2D eigenvalue weighted by Gasteiger charge is -2.46. The third-order valence-corrected chi connectivity index (χ3v) is 10.7. The van der Waals surface area contributed by atoms with E-state index in [-0.39, 0.29) is 12.3 Å². The lowest BCUT2D eigenvalue weighted by Crippen LogP contribution is -2.61. The van der Waals surface area contributed by atoms with Crippen LogP contribution in [0.25, 0.3) is 11.3 Å². The number of rotatable bonds is 11. The van der Waals surface area contributed by atoms with Crippen molar-refractivity contribution in [2.45, 2.75) is 43.9 Å². The second-order valence-electron chi connectivity index (χ2n) is 13.5. The number of anilines is 1. The maximum absolute atomic E-state index is 11.2. The van der Waals surface area contributed by atoms with Gasteiger partial charge in [-0.1, -0.05) is 23.2 Å². The highest BCUT2D eigenvalue weighted by molar-refractivity contribution is 6.35. The minimum absolute atomic E-state index is 0.222. The molecule has 2 atom stereocenters. The zero-order valence-corrected chi connectivity index (χ0v) is 27.5. The van der Waals surface area contributed by atoms with E-state index in [1.165, 1.54) is 0 Å². The van der Waals surface area contributed by atoms with E-state index in [0.29, 0.717) is 63.9 Å². The van der Waals surface area contributed by atoms with Crippen molar-refractivity contribution in [1.29, 1.82) is 0 Å². The first-order valence-corrected chi connectivity index (χ1v) is 17.2. The summed E-state index contributed by atoms with van der Waals surface area (Å²) in [6.07, 6.45) is 5.38. The maximum atomic E-state index is 11.2. The van der Waals surface area contributed by atoms with E-state index in [2.05, 4.69) is 24.7 Å². The number of likely N-dealkylation sites (tertiary alicyclic amines) is 1. The number of hydrogen-bond acceptors (Lipinski definition) is 10. The van der Waals surface area contributed by atoms with E-state index in [9.17, 15) is 9.90 Å². The number of aromatic nitrogens is 3. The lowest BCUT2D eigenvalue weighted by atomic mass is 9.93. The van der Waals surface area contributed by atoms with Crippen LogP contribution in [0.5, 0.6) is 11.6 Å². The van der Waals surface area contributed by atoms with Crippen LogP contribution < -0.4 is 9.64 Å². The van der Waals surface area contributed by atoms with Crippen molar-refractivity contribution in [2.24, 2.45) is 17.8 Å². The highest BCUT2D eigenvalue weighted by Gasteiger charge is 2.61. The molecule has 1 saturated carbocycles. The van der Waals surface area contributed by atoms with Crippen molar-refractivity contribution in [3.8, 4) is 22.9 Å². The molecule has 8 rings (SSSR count). The Bertz CT molecular complexity index is 1570. The number of ether oxygens (including phenoxy) is 3. The van der Waals surface area contributed by atoms with Crippen LogP contribution in [0.1, 0.15) is 24.8 Å². The summed E-state index contributed by atoms with van der Waals surface area (Å²) in [6.45, 7) is 7.61. The highest BCUT2D eigenvalue weighted by atomic mass is 35.5. The largest absolute Gasteiger partial charge is 0.481 e. The first-order valence-electron chi connectivity index (χ1n) is 16.5. The van der Waals surface area contributed by atoms with Crippen molar-refractivity contribution in [2.75, 3.05) is 57.5 Å². The molecule has 6 heterocycles. The fourth-order valence-corrected chi connectivity index (χ4v) is 8.25. The van der Waals surface area contributed by atoms with Crippen LogP contribution >= 0.6 is 23.2 Å². The lowest BCUT2D eigenvalue weighted by molar-refractivity contribution is -0.143. The van der Waals surface area contributed by atoms with Gasteiger partial charge in [-0.15, -0.1) is 0 Å². The van der Waals surface area contributed by atoms with Crippen LogP contribution in [0, 0.1) is 17.8 Å². The van der Waals surface area contributed by atoms with Gasteiger partial charge < -0.3 is 24.2 Å². The number of halogens is 2. The van der Waals surface area contributed by atoms with Crippen LogP contribution in [0.15, 0.2) is 42.7 Å². The molecule has 1 aromatic carbocycles. The minimum Gasteiger partial charge on any atom is -0.481 e. The fraction of sp³-hybridized carbons (Fsp3) is 0.529. The number of hydrogen-bond donors (Lipinski definition) is 1. The first-order chi connectivity index (χ1) is 22.9. The Kier molecular flexibility index (Phi) is 8.70. The average Bonchev–Trinajstić information content (AvgIpc) is 3.47. The fourth-order valence-electron chi connectivity index (χ4n) is 7.73. The number of piperidine rings is 2. The molecule has 5 aliphatic rings. The summed E-state index contributed by atoms with van der Waals surface area (Å²) in [6, 6.07) is 11.0. The van der Waals surface area contributed by atoms with E-state index in [0.717, 1.165) is 82.5 Å². The molecular formula is C34H38Cl2N6O5. The Balaban J connectivity index is 0.945. The van der Waals surface area contributed by atoms with Crippen molar-refractivity contribution in [3.05, 3.63) is 58.3 Å². The molecule has 3 aromatic rings. The molecular weight excluding hydrogens is 643 g/mol. The van der Waals surface area contributed by atoms with E-state index >= 15 is 0 Å². The van der Waals surface area contributed by atoms with Crippen molar-refractivity contribution in [3.63, 3.8) is 0 Å². The number of carboxylic acid groups (broad SMARTS) is 1. The van der Waals surface area contributed by atoms with Gasteiger partial charge in [-0.05, 0) is 73.5 Å². The number of aliphatic carboxylic acids is 1. The van der Waals surface area contributed by atoms with Crippen molar-refractivity contribution >= 4 is 35.1 Å². The molecule has 0 spiro atoms. The van der Waals surface area contributed by atoms with Gasteiger partial charge in [0, 0.05) is 53.8 Å². The second kappa shape index (κ2) is 13.1. The van der Waals surface area contributed by atoms with Crippen molar-refractivity contribution < 1.29 is 24.1 Å². The number of carboxylic acids is 1. The van der Waals surface area contributed by atoms with Gasteiger partial charge in [0.05, 0.1) is 56.6 Å². The average molecular weight is 682 g/mol. The minimum atomic E-state index is -0.728. The summed E-state index contributed by atoms with van der Waals surface area (Å²) in [5, 5.41) is 10.2. The van der Waals surface area contributed by atoms with Gasteiger partial charge in [0.1, 0.15) is 0 Å². The summed E-state index contributed by atoms with van der Waals surface area (Å²) in [4.78, 5) is 32.6. The van der Waals surface area contributed by atoms with E-state index < -0.39 is 5.97 Å². The zero-order valence-electron chi connectivity index (χ0n) is 26.0. The molecule has 0 radical (unpaired) electrons. The summed E-state index contributed by atoms with van der Waals surface area (Å²) in [7, 11) is 0. The monoisotopic (exact) mass is 680 g/mol. The Hall–Kier alpha value is -3.06. The van der Waals surface area contributed by atoms with Gasteiger partial charge in [-0.25, -0.2) is 15.0 Å². The molecule has 0 amide bonds. The van der Waals surface area contributed by atoms with Crippen molar-refractivity contribution in [1.82, 2.24) is 24.8 Å². The van der Waals surface area contributed by atoms with E-state index in [4.69, 9.17) is 42.4 Å². The predicted molar refractivity (Wildman–Crippen MR) is 176 cm³/mol. The summed E-state index contributed by atoms with van der Waals surface area (Å²) >= 11 is 12.7. The third kappa shape index (κ3) is 6.79. The summed E-state index contributed by atoms with van der Waals surface area (Å²) in [5.41, 5.74) is 2.51. The van der Waals surface area contributed by atoms with Crippen LogP contribution in [0.3, 0.4) is 0 Å².